The molecule has 2 aromatic rings. The Balaban J connectivity index is 1.99. The smallest absolute Gasteiger partial charge is 0.307 e. The average molecular weight is 360 g/mol. The molecule has 0 spiro atoms. The molecule has 2 unspecified atom stereocenters. The van der Waals surface area contributed by atoms with E-state index in [4.69, 9.17) is 16.3 Å². The molecule has 25 heavy (non-hydrogen) atoms. The Labute approximate surface area is 153 Å². The minimum absolute atomic E-state index is 0.0678. The molecule has 1 saturated heterocycles. The summed E-state index contributed by atoms with van der Waals surface area (Å²) in [5.41, 5.74) is 2.08. The Bertz CT molecular complexity index is 732. The summed E-state index contributed by atoms with van der Waals surface area (Å²) >= 11 is 6.48. The lowest BCUT2D eigenvalue weighted by atomic mass is 9.91. The third kappa shape index (κ3) is 3.97. The molecule has 2 aromatic carbocycles. The number of aliphatic carboxylic acids is 1. The van der Waals surface area contributed by atoms with Crippen LogP contribution in [-0.4, -0.2) is 36.2 Å². The van der Waals surface area contributed by atoms with Gasteiger partial charge in [0.2, 0.25) is 0 Å². The second kappa shape index (κ2) is 7.89. The van der Waals surface area contributed by atoms with E-state index < -0.39 is 5.97 Å². The maximum Gasteiger partial charge on any atom is 0.307 e. The molecule has 0 bridgehead atoms. The van der Waals surface area contributed by atoms with E-state index >= 15 is 0 Å². The SMILES string of the molecule is COc1ccc(C(c2ccccc2Cl)N2CCCC(C(=O)O)C2)cc1. The van der Waals surface area contributed by atoms with Gasteiger partial charge in [-0.3, -0.25) is 9.69 Å². The van der Waals surface area contributed by atoms with Crippen LogP contribution in [0, 0.1) is 5.92 Å². The molecule has 0 amide bonds. The zero-order chi connectivity index (χ0) is 17.8. The highest BCUT2D eigenvalue weighted by Crippen LogP contribution is 2.36. The van der Waals surface area contributed by atoms with Crippen LogP contribution in [0.1, 0.15) is 30.0 Å². The molecule has 2 atom stereocenters. The molecule has 4 nitrogen and oxygen atoms in total. The van der Waals surface area contributed by atoms with Crippen molar-refractivity contribution >= 4 is 17.6 Å². The van der Waals surface area contributed by atoms with Crippen LogP contribution in [-0.2, 0) is 4.79 Å². The van der Waals surface area contributed by atoms with Gasteiger partial charge in [0.05, 0.1) is 19.1 Å². The topological polar surface area (TPSA) is 49.8 Å². The number of nitrogens with zero attached hydrogens (tertiary/aromatic N) is 1. The fourth-order valence-corrected chi connectivity index (χ4v) is 3.75. The zero-order valence-corrected chi connectivity index (χ0v) is 14.9. The molecule has 1 N–H and O–H groups in total. The van der Waals surface area contributed by atoms with Crippen LogP contribution in [0.25, 0.3) is 0 Å². The fraction of sp³-hybridized carbons (Fsp3) is 0.350. The number of halogens is 1. The molecule has 0 radical (unpaired) electrons. The first kappa shape index (κ1) is 17.8. The second-order valence-corrected chi connectivity index (χ2v) is 6.78. The van der Waals surface area contributed by atoms with Crippen molar-refractivity contribution in [2.75, 3.05) is 20.2 Å². The number of benzene rings is 2. The van der Waals surface area contributed by atoms with Crippen molar-refractivity contribution in [3.05, 3.63) is 64.7 Å². The molecule has 132 valence electrons. The number of methoxy groups -OCH3 is 1. The van der Waals surface area contributed by atoms with Gasteiger partial charge in [0, 0.05) is 11.6 Å². The summed E-state index contributed by atoms with van der Waals surface area (Å²) in [5.74, 6) is -0.266. The van der Waals surface area contributed by atoms with Crippen molar-refractivity contribution in [2.24, 2.45) is 5.92 Å². The predicted molar refractivity (Wildman–Crippen MR) is 98.2 cm³/mol. The largest absolute Gasteiger partial charge is 0.497 e. The van der Waals surface area contributed by atoms with Crippen molar-refractivity contribution < 1.29 is 14.6 Å². The lowest BCUT2D eigenvalue weighted by Gasteiger charge is -2.38. The van der Waals surface area contributed by atoms with E-state index in [-0.39, 0.29) is 12.0 Å². The van der Waals surface area contributed by atoms with Crippen LogP contribution in [0.4, 0.5) is 0 Å². The highest BCUT2D eigenvalue weighted by molar-refractivity contribution is 6.31. The van der Waals surface area contributed by atoms with Gasteiger partial charge in [-0.1, -0.05) is 41.9 Å². The minimum Gasteiger partial charge on any atom is -0.497 e. The molecule has 5 heteroatoms. The van der Waals surface area contributed by atoms with E-state index in [1.807, 2.05) is 48.5 Å². The molecular weight excluding hydrogens is 338 g/mol. The third-order valence-electron chi connectivity index (χ3n) is 4.80. The maximum absolute atomic E-state index is 11.5. The van der Waals surface area contributed by atoms with Crippen molar-refractivity contribution in [1.82, 2.24) is 4.90 Å². The van der Waals surface area contributed by atoms with Gasteiger partial charge in [-0.2, -0.15) is 0 Å². The molecule has 0 aliphatic carbocycles. The highest BCUT2D eigenvalue weighted by Gasteiger charge is 2.32. The van der Waals surface area contributed by atoms with E-state index in [0.717, 1.165) is 36.3 Å². The molecule has 1 fully saturated rings. The summed E-state index contributed by atoms with van der Waals surface area (Å²) in [6.07, 6.45) is 1.60. The van der Waals surface area contributed by atoms with Gasteiger partial charge in [0.15, 0.2) is 0 Å². The predicted octanol–water partition coefficient (Wildman–Crippen LogP) is 4.23. The molecule has 3 rings (SSSR count). The van der Waals surface area contributed by atoms with E-state index in [1.54, 1.807) is 7.11 Å². The Hall–Kier alpha value is -2.04. The van der Waals surface area contributed by atoms with Gasteiger partial charge in [0.1, 0.15) is 5.75 Å². The number of carboxylic acids is 1. The highest BCUT2D eigenvalue weighted by atomic mass is 35.5. The summed E-state index contributed by atoms with van der Waals surface area (Å²) in [6.45, 7) is 1.38. The Morgan fingerprint density at radius 3 is 2.60 bits per heavy atom. The Morgan fingerprint density at radius 1 is 1.24 bits per heavy atom. The summed E-state index contributed by atoms with van der Waals surface area (Å²) in [5, 5.41) is 10.1. The van der Waals surface area contributed by atoms with Gasteiger partial charge >= 0.3 is 5.97 Å². The number of carboxylic acid groups (broad SMARTS) is 1. The zero-order valence-electron chi connectivity index (χ0n) is 14.2. The first-order valence-corrected chi connectivity index (χ1v) is 8.83. The molecule has 1 aliphatic rings. The lowest BCUT2D eigenvalue weighted by molar-refractivity contribution is -0.143. The van der Waals surface area contributed by atoms with Crippen molar-refractivity contribution in [3.8, 4) is 5.75 Å². The van der Waals surface area contributed by atoms with Crippen LogP contribution in [0.5, 0.6) is 5.75 Å². The van der Waals surface area contributed by atoms with Gasteiger partial charge < -0.3 is 9.84 Å². The van der Waals surface area contributed by atoms with Crippen LogP contribution in [0.3, 0.4) is 0 Å². The summed E-state index contributed by atoms with van der Waals surface area (Å²) < 4.78 is 5.25. The summed E-state index contributed by atoms with van der Waals surface area (Å²) in [7, 11) is 1.64. The number of ether oxygens (including phenoxy) is 1. The van der Waals surface area contributed by atoms with Crippen LogP contribution < -0.4 is 4.74 Å². The fourth-order valence-electron chi connectivity index (χ4n) is 3.51. The van der Waals surface area contributed by atoms with E-state index in [1.165, 1.54) is 0 Å². The Morgan fingerprint density at radius 2 is 1.96 bits per heavy atom. The van der Waals surface area contributed by atoms with Gasteiger partial charge in [0.25, 0.3) is 0 Å². The first-order chi connectivity index (χ1) is 12.1. The van der Waals surface area contributed by atoms with Crippen molar-refractivity contribution in [1.29, 1.82) is 0 Å². The maximum atomic E-state index is 11.5. The number of carbonyl (C=O) groups is 1. The monoisotopic (exact) mass is 359 g/mol. The molecule has 0 saturated carbocycles. The number of hydrogen-bond acceptors (Lipinski definition) is 3. The van der Waals surface area contributed by atoms with E-state index in [2.05, 4.69) is 4.90 Å². The standard InChI is InChI=1S/C20H22ClNO3/c1-25-16-10-8-14(9-11-16)19(17-6-2-3-7-18(17)21)22-12-4-5-15(13-22)20(23)24/h2-3,6-11,15,19H,4-5,12-13H2,1H3,(H,23,24). The minimum atomic E-state index is -0.725. The van der Waals surface area contributed by atoms with Crippen LogP contribution in [0.2, 0.25) is 5.02 Å². The number of piperidine rings is 1. The molecule has 1 heterocycles. The summed E-state index contributed by atoms with van der Waals surface area (Å²) in [4.78, 5) is 13.7. The first-order valence-electron chi connectivity index (χ1n) is 8.45. The van der Waals surface area contributed by atoms with Gasteiger partial charge in [-0.05, 0) is 48.7 Å². The number of hydrogen-bond donors (Lipinski definition) is 1. The molecule has 0 aromatic heterocycles. The lowest BCUT2D eigenvalue weighted by Crippen LogP contribution is -2.41. The molecule has 1 aliphatic heterocycles. The molecular formula is C20H22ClNO3. The number of rotatable bonds is 5. The van der Waals surface area contributed by atoms with Crippen LogP contribution in [0.15, 0.2) is 48.5 Å². The van der Waals surface area contributed by atoms with Crippen molar-refractivity contribution in [3.63, 3.8) is 0 Å². The van der Waals surface area contributed by atoms with E-state index in [0.29, 0.717) is 11.6 Å². The van der Waals surface area contributed by atoms with Gasteiger partial charge in [-0.25, -0.2) is 0 Å². The third-order valence-corrected chi connectivity index (χ3v) is 5.14. The Kier molecular flexibility index (Phi) is 5.61. The summed E-state index contributed by atoms with van der Waals surface area (Å²) in [6, 6.07) is 15.6. The van der Waals surface area contributed by atoms with Crippen molar-refractivity contribution in [2.45, 2.75) is 18.9 Å². The van der Waals surface area contributed by atoms with Crippen LogP contribution >= 0.6 is 11.6 Å². The number of likely N-dealkylation sites (tertiary alicyclic amines) is 1. The normalized spacial score (nSPS) is 19.4. The second-order valence-electron chi connectivity index (χ2n) is 6.37. The van der Waals surface area contributed by atoms with E-state index in [9.17, 15) is 9.90 Å². The average Bonchev–Trinajstić information content (AvgIpc) is 2.64. The van der Waals surface area contributed by atoms with Gasteiger partial charge in [-0.15, -0.1) is 0 Å². The quantitative estimate of drug-likeness (QED) is 0.867.